The van der Waals surface area contributed by atoms with E-state index in [4.69, 9.17) is 4.74 Å². The van der Waals surface area contributed by atoms with Crippen molar-refractivity contribution in [1.29, 1.82) is 0 Å². The molecule has 0 aromatic rings. The van der Waals surface area contributed by atoms with E-state index in [0.717, 1.165) is 29.9 Å². The number of hydrogen-bond donors (Lipinski definition) is 0. The molecule has 5 nitrogen and oxygen atoms in total. The number of carbonyl (C=O) groups is 3. The number of rotatable bonds is 7. The highest BCUT2D eigenvalue weighted by atomic mass is 79.9. The number of alkyl halides is 1. The van der Waals surface area contributed by atoms with E-state index in [2.05, 4.69) is 15.9 Å². The Labute approximate surface area is 138 Å². The molecule has 7 heteroatoms. The molecule has 1 rings (SSSR count). The van der Waals surface area contributed by atoms with E-state index < -0.39 is 6.04 Å². The average molecular weight is 380 g/mol. The van der Waals surface area contributed by atoms with Crippen LogP contribution in [0.25, 0.3) is 0 Å². The lowest BCUT2D eigenvalue weighted by Gasteiger charge is -2.24. The van der Waals surface area contributed by atoms with Crippen molar-refractivity contribution in [2.24, 2.45) is 0 Å². The first kappa shape index (κ1) is 18.5. The molecule has 1 unspecified atom stereocenters. The molecule has 0 bridgehead atoms. The zero-order valence-corrected chi connectivity index (χ0v) is 14.9. The summed E-state index contributed by atoms with van der Waals surface area (Å²) in [4.78, 5) is 36.9. The van der Waals surface area contributed by atoms with Crippen LogP contribution in [0, 0.1) is 0 Å². The minimum Gasteiger partial charge on any atom is -0.464 e. The number of esters is 1. The van der Waals surface area contributed by atoms with E-state index in [9.17, 15) is 14.4 Å². The summed E-state index contributed by atoms with van der Waals surface area (Å²) in [5.41, 5.74) is 0. The van der Waals surface area contributed by atoms with Crippen LogP contribution < -0.4 is 0 Å². The summed E-state index contributed by atoms with van der Waals surface area (Å²) in [5, 5.41) is 0.719. The molecule has 1 heterocycles. The van der Waals surface area contributed by atoms with Gasteiger partial charge in [0, 0.05) is 30.5 Å². The largest absolute Gasteiger partial charge is 0.464 e. The Morgan fingerprint density at radius 3 is 2.76 bits per heavy atom. The van der Waals surface area contributed by atoms with Crippen molar-refractivity contribution in [3.8, 4) is 0 Å². The summed E-state index contributed by atoms with van der Waals surface area (Å²) in [7, 11) is 0. The topological polar surface area (TPSA) is 63.7 Å². The van der Waals surface area contributed by atoms with Crippen LogP contribution in [-0.2, 0) is 19.1 Å². The van der Waals surface area contributed by atoms with E-state index in [-0.39, 0.29) is 28.7 Å². The van der Waals surface area contributed by atoms with Crippen LogP contribution in [0.3, 0.4) is 0 Å². The summed E-state index contributed by atoms with van der Waals surface area (Å²) in [5.74, 6) is -0.384. The van der Waals surface area contributed by atoms with Gasteiger partial charge in [0.1, 0.15) is 6.04 Å². The second-order valence-corrected chi connectivity index (χ2v) is 7.49. The first-order valence-corrected chi connectivity index (χ1v) is 9.15. The molecule has 1 fully saturated rings. The number of nitrogens with zero attached hydrogens (tertiary/aromatic N) is 1. The predicted molar refractivity (Wildman–Crippen MR) is 86.5 cm³/mol. The molecule has 21 heavy (non-hydrogen) atoms. The van der Waals surface area contributed by atoms with Crippen molar-refractivity contribution in [2.45, 2.75) is 50.8 Å². The van der Waals surface area contributed by atoms with Crippen molar-refractivity contribution in [1.82, 2.24) is 4.90 Å². The number of thioether (sulfide) groups is 1. The van der Waals surface area contributed by atoms with E-state index in [1.807, 2.05) is 6.92 Å². The second kappa shape index (κ2) is 9.46. The zero-order valence-electron chi connectivity index (χ0n) is 12.5. The molecule has 0 aromatic carbocycles. The van der Waals surface area contributed by atoms with Gasteiger partial charge in [0.15, 0.2) is 5.12 Å². The molecule has 1 saturated heterocycles. The van der Waals surface area contributed by atoms with Gasteiger partial charge in [-0.3, -0.25) is 9.59 Å². The second-order valence-electron chi connectivity index (χ2n) is 5.08. The molecular formula is C14H22BrNO4S. The number of ether oxygens (including phenoxy) is 1. The van der Waals surface area contributed by atoms with Gasteiger partial charge in [0.2, 0.25) is 5.91 Å². The maximum Gasteiger partial charge on any atom is 0.328 e. The number of halogens is 1. The summed E-state index contributed by atoms with van der Waals surface area (Å²) in [6, 6.07) is -0.456. The molecule has 1 aliphatic heterocycles. The van der Waals surface area contributed by atoms with Crippen LogP contribution in [-0.4, -0.2) is 51.7 Å². The van der Waals surface area contributed by atoms with Crippen LogP contribution in [0.15, 0.2) is 0 Å². The van der Waals surface area contributed by atoms with Crippen LogP contribution in [0.1, 0.15) is 39.5 Å². The number of hydrogen-bond acceptors (Lipinski definition) is 5. The quantitative estimate of drug-likeness (QED) is 0.386. The summed E-state index contributed by atoms with van der Waals surface area (Å²) < 4.78 is 5.19. The van der Waals surface area contributed by atoms with Crippen molar-refractivity contribution >= 4 is 44.7 Å². The SMILES string of the molecule is CC(=O)SC(C)CC(=O)N1CCC[C@H]1C(=O)OCCCBr. The molecule has 0 radical (unpaired) electrons. The zero-order chi connectivity index (χ0) is 15.8. The van der Waals surface area contributed by atoms with Crippen molar-refractivity contribution in [3.05, 3.63) is 0 Å². The third-order valence-corrected chi connectivity index (χ3v) is 4.66. The molecule has 1 amide bonds. The van der Waals surface area contributed by atoms with Crippen molar-refractivity contribution in [2.75, 3.05) is 18.5 Å². The monoisotopic (exact) mass is 379 g/mol. The van der Waals surface area contributed by atoms with Gasteiger partial charge in [-0.2, -0.15) is 0 Å². The predicted octanol–water partition coefficient (Wildman–Crippen LogP) is 2.36. The highest BCUT2D eigenvalue weighted by Crippen LogP contribution is 2.23. The van der Waals surface area contributed by atoms with Gasteiger partial charge in [0.05, 0.1) is 6.61 Å². The summed E-state index contributed by atoms with van der Waals surface area (Å²) >= 11 is 4.44. The van der Waals surface area contributed by atoms with Gasteiger partial charge in [-0.15, -0.1) is 0 Å². The molecule has 0 saturated carbocycles. The third-order valence-electron chi connectivity index (χ3n) is 3.20. The van der Waals surface area contributed by atoms with Crippen LogP contribution in [0.5, 0.6) is 0 Å². The smallest absolute Gasteiger partial charge is 0.328 e. The molecule has 0 aliphatic carbocycles. The fourth-order valence-corrected chi connectivity index (χ4v) is 3.34. The lowest BCUT2D eigenvalue weighted by atomic mass is 10.2. The maximum absolute atomic E-state index is 12.3. The van der Waals surface area contributed by atoms with Gasteiger partial charge in [-0.05, 0) is 19.3 Å². The first-order valence-electron chi connectivity index (χ1n) is 7.15. The fraction of sp³-hybridized carbons (Fsp3) is 0.786. The van der Waals surface area contributed by atoms with Crippen LogP contribution in [0.2, 0.25) is 0 Å². The fourth-order valence-electron chi connectivity index (χ4n) is 2.32. The van der Waals surface area contributed by atoms with Gasteiger partial charge in [-0.25, -0.2) is 4.79 Å². The van der Waals surface area contributed by atoms with Crippen molar-refractivity contribution < 1.29 is 19.1 Å². The number of amides is 1. The first-order chi connectivity index (χ1) is 9.95. The molecular weight excluding hydrogens is 358 g/mol. The lowest BCUT2D eigenvalue weighted by Crippen LogP contribution is -2.42. The van der Waals surface area contributed by atoms with E-state index in [1.54, 1.807) is 4.90 Å². The molecule has 0 spiro atoms. The van der Waals surface area contributed by atoms with Gasteiger partial charge >= 0.3 is 5.97 Å². The molecule has 2 atom stereocenters. The molecule has 0 N–H and O–H groups in total. The number of likely N-dealkylation sites (tertiary alicyclic amines) is 1. The third kappa shape index (κ3) is 6.38. The molecule has 120 valence electrons. The Hall–Kier alpha value is -0.560. The maximum atomic E-state index is 12.3. The minimum absolute atomic E-state index is 0.00227. The summed E-state index contributed by atoms with van der Waals surface area (Å²) in [6.45, 7) is 4.31. The highest BCUT2D eigenvalue weighted by Gasteiger charge is 2.35. The average Bonchev–Trinajstić information content (AvgIpc) is 2.87. The van der Waals surface area contributed by atoms with Gasteiger partial charge in [0.25, 0.3) is 0 Å². The minimum atomic E-state index is -0.456. The van der Waals surface area contributed by atoms with Crippen LogP contribution in [0.4, 0.5) is 0 Å². The molecule has 1 aliphatic rings. The van der Waals surface area contributed by atoms with E-state index >= 15 is 0 Å². The van der Waals surface area contributed by atoms with E-state index in [1.165, 1.54) is 6.92 Å². The lowest BCUT2D eigenvalue weighted by molar-refractivity contribution is -0.153. The standard InChI is InChI=1S/C14H22BrNO4S/c1-10(21-11(2)17)9-13(18)16-7-3-5-12(16)14(19)20-8-4-6-15/h10,12H,3-9H2,1-2H3/t10?,12-/m0/s1. The van der Waals surface area contributed by atoms with Gasteiger partial charge in [-0.1, -0.05) is 34.6 Å². The Kier molecular flexibility index (Phi) is 8.33. The Balaban J connectivity index is 2.49. The Bertz CT molecular complexity index is 391. The number of carbonyl (C=O) groups excluding carboxylic acids is 3. The van der Waals surface area contributed by atoms with Crippen molar-refractivity contribution in [3.63, 3.8) is 0 Å². The molecule has 0 aromatic heterocycles. The van der Waals surface area contributed by atoms with Crippen LogP contribution >= 0.6 is 27.7 Å². The highest BCUT2D eigenvalue weighted by molar-refractivity contribution is 9.09. The van der Waals surface area contributed by atoms with E-state index in [0.29, 0.717) is 19.6 Å². The summed E-state index contributed by atoms with van der Waals surface area (Å²) in [6.07, 6.45) is 2.51. The Morgan fingerprint density at radius 1 is 1.43 bits per heavy atom. The van der Waals surface area contributed by atoms with Gasteiger partial charge < -0.3 is 9.64 Å². The normalized spacial score (nSPS) is 19.4. The Morgan fingerprint density at radius 2 is 2.14 bits per heavy atom.